The molecule has 0 aliphatic carbocycles. The highest BCUT2D eigenvalue weighted by Gasteiger charge is 2.16. The summed E-state index contributed by atoms with van der Waals surface area (Å²) in [6.45, 7) is -0.180. The molecule has 0 heterocycles. The molecule has 0 aromatic rings. The second kappa shape index (κ2) is 4.19. The van der Waals surface area contributed by atoms with Gasteiger partial charge in [-0.2, -0.15) is 0 Å². The molecular formula is C5H11FN2O2. The highest BCUT2D eigenvalue weighted by atomic mass is 19.1. The zero-order valence-corrected chi connectivity index (χ0v) is 5.46. The normalized spacial score (nSPS) is 16.3. The highest BCUT2D eigenvalue weighted by molar-refractivity contribution is 5.73. The molecule has 2 atom stereocenters. The lowest BCUT2D eigenvalue weighted by atomic mass is 10.1. The number of alkyl halides is 1. The van der Waals surface area contributed by atoms with E-state index in [4.69, 9.17) is 16.6 Å². The fraction of sp³-hybridized carbons (Fsp3) is 0.800. The maximum atomic E-state index is 12.3. The molecule has 60 valence electrons. The van der Waals surface area contributed by atoms with Crippen LogP contribution in [0.4, 0.5) is 4.39 Å². The SMILES string of the molecule is NCC(F)C[C@@H](N)C(=O)O. The van der Waals surface area contributed by atoms with E-state index in [1.807, 2.05) is 0 Å². The van der Waals surface area contributed by atoms with Crippen molar-refractivity contribution in [1.82, 2.24) is 0 Å². The van der Waals surface area contributed by atoms with E-state index >= 15 is 0 Å². The van der Waals surface area contributed by atoms with Crippen molar-refractivity contribution in [2.24, 2.45) is 11.5 Å². The third-order valence-electron chi connectivity index (χ3n) is 1.08. The first-order valence-corrected chi connectivity index (χ1v) is 2.90. The van der Waals surface area contributed by atoms with Crippen LogP contribution in [0.15, 0.2) is 0 Å². The summed E-state index contributed by atoms with van der Waals surface area (Å²) in [6, 6.07) is -1.14. The van der Waals surface area contributed by atoms with E-state index in [0.717, 1.165) is 0 Å². The molecule has 0 saturated heterocycles. The molecule has 0 spiro atoms. The van der Waals surface area contributed by atoms with Crippen LogP contribution in [0.1, 0.15) is 6.42 Å². The van der Waals surface area contributed by atoms with Crippen molar-refractivity contribution in [1.29, 1.82) is 0 Å². The minimum absolute atomic E-state index is 0.180. The summed E-state index contributed by atoms with van der Waals surface area (Å²) in [5.74, 6) is -1.20. The zero-order valence-electron chi connectivity index (χ0n) is 5.46. The van der Waals surface area contributed by atoms with Crippen LogP contribution in [0, 0.1) is 0 Å². The number of carboxylic acid groups (broad SMARTS) is 1. The lowest BCUT2D eigenvalue weighted by molar-refractivity contribution is -0.139. The van der Waals surface area contributed by atoms with Crippen molar-refractivity contribution >= 4 is 5.97 Å². The first kappa shape index (κ1) is 9.32. The van der Waals surface area contributed by atoms with Gasteiger partial charge in [0, 0.05) is 13.0 Å². The predicted octanol–water partition coefficient (Wildman–Crippen LogP) is -0.915. The van der Waals surface area contributed by atoms with Gasteiger partial charge in [-0.1, -0.05) is 0 Å². The first-order chi connectivity index (χ1) is 4.57. The molecule has 1 unspecified atom stereocenters. The Labute approximate surface area is 58.0 Å². The molecule has 0 aliphatic heterocycles. The van der Waals surface area contributed by atoms with E-state index in [0.29, 0.717) is 0 Å². The number of carbonyl (C=O) groups is 1. The van der Waals surface area contributed by atoms with Gasteiger partial charge in [-0.3, -0.25) is 4.79 Å². The van der Waals surface area contributed by atoms with Crippen LogP contribution in [-0.2, 0) is 4.79 Å². The van der Waals surface area contributed by atoms with E-state index in [-0.39, 0.29) is 13.0 Å². The molecule has 10 heavy (non-hydrogen) atoms. The summed E-state index contributed by atoms with van der Waals surface area (Å²) >= 11 is 0. The van der Waals surface area contributed by atoms with Crippen LogP contribution >= 0.6 is 0 Å². The molecule has 0 aliphatic rings. The molecule has 0 radical (unpaired) electrons. The van der Waals surface area contributed by atoms with Crippen LogP contribution in [0.25, 0.3) is 0 Å². The van der Waals surface area contributed by atoms with Gasteiger partial charge in [0.05, 0.1) is 0 Å². The lowest BCUT2D eigenvalue weighted by Gasteiger charge is -2.07. The Bertz CT molecular complexity index is 120. The lowest BCUT2D eigenvalue weighted by Crippen LogP contribution is -2.34. The van der Waals surface area contributed by atoms with Crippen molar-refractivity contribution in [2.45, 2.75) is 18.6 Å². The van der Waals surface area contributed by atoms with Crippen molar-refractivity contribution in [2.75, 3.05) is 6.54 Å². The molecule has 0 bridgehead atoms. The fourth-order valence-corrected chi connectivity index (χ4v) is 0.473. The molecule has 0 fully saturated rings. The maximum Gasteiger partial charge on any atom is 0.320 e. The van der Waals surface area contributed by atoms with E-state index in [1.54, 1.807) is 0 Å². The van der Waals surface area contributed by atoms with Crippen LogP contribution in [0.2, 0.25) is 0 Å². The van der Waals surface area contributed by atoms with E-state index < -0.39 is 18.2 Å². The van der Waals surface area contributed by atoms with Gasteiger partial charge in [0.2, 0.25) is 0 Å². The monoisotopic (exact) mass is 150 g/mol. The number of carboxylic acids is 1. The molecule has 0 rings (SSSR count). The third kappa shape index (κ3) is 3.37. The number of rotatable bonds is 4. The van der Waals surface area contributed by atoms with Crippen molar-refractivity contribution in [3.63, 3.8) is 0 Å². The Morgan fingerprint density at radius 1 is 1.70 bits per heavy atom. The Hall–Kier alpha value is -0.680. The molecule has 5 heteroatoms. The van der Waals surface area contributed by atoms with Gasteiger partial charge in [-0.05, 0) is 0 Å². The molecule has 0 aromatic heterocycles. The average molecular weight is 150 g/mol. The second-order valence-corrected chi connectivity index (χ2v) is 2.01. The van der Waals surface area contributed by atoms with Crippen molar-refractivity contribution in [3.8, 4) is 0 Å². The summed E-state index contributed by atoms with van der Waals surface area (Å²) in [4.78, 5) is 10.0. The molecule has 0 aromatic carbocycles. The Morgan fingerprint density at radius 3 is 2.50 bits per heavy atom. The second-order valence-electron chi connectivity index (χ2n) is 2.01. The van der Waals surface area contributed by atoms with Crippen LogP contribution in [0.5, 0.6) is 0 Å². The molecular weight excluding hydrogens is 139 g/mol. The first-order valence-electron chi connectivity index (χ1n) is 2.90. The topological polar surface area (TPSA) is 89.3 Å². The van der Waals surface area contributed by atoms with Crippen molar-refractivity contribution in [3.05, 3.63) is 0 Å². The molecule has 0 saturated carbocycles. The van der Waals surface area contributed by atoms with E-state index in [9.17, 15) is 9.18 Å². The van der Waals surface area contributed by atoms with E-state index in [1.165, 1.54) is 0 Å². The highest BCUT2D eigenvalue weighted by Crippen LogP contribution is 1.98. The zero-order chi connectivity index (χ0) is 8.15. The van der Waals surface area contributed by atoms with Gasteiger partial charge in [-0.25, -0.2) is 4.39 Å². The van der Waals surface area contributed by atoms with Gasteiger partial charge >= 0.3 is 5.97 Å². The summed E-state index contributed by atoms with van der Waals surface area (Å²) in [5.41, 5.74) is 9.89. The number of nitrogens with two attached hydrogens (primary N) is 2. The van der Waals surface area contributed by atoms with Gasteiger partial charge < -0.3 is 16.6 Å². The molecule has 4 nitrogen and oxygen atoms in total. The van der Waals surface area contributed by atoms with Crippen LogP contribution < -0.4 is 11.5 Å². The number of aliphatic carboxylic acids is 1. The summed E-state index contributed by atoms with van der Waals surface area (Å²) in [6.07, 6.45) is -1.53. The van der Waals surface area contributed by atoms with Gasteiger partial charge in [0.25, 0.3) is 0 Å². The largest absolute Gasteiger partial charge is 0.480 e. The van der Waals surface area contributed by atoms with Crippen LogP contribution in [-0.4, -0.2) is 29.8 Å². The van der Waals surface area contributed by atoms with Gasteiger partial charge in [0.15, 0.2) is 0 Å². The van der Waals surface area contributed by atoms with Gasteiger partial charge in [-0.15, -0.1) is 0 Å². The summed E-state index contributed by atoms with van der Waals surface area (Å²) < 4.78 is 12.3. The minimum atomic E-state index is -1.31. The number of hydrogen-bond donors (Lipinski definition) is 3. The van der Waals surface area contributed by atoms with Crippen LogP contribution in [0.3, 0.4) is 0 Å². The standard InChI is InChI=1S/C5H11FN2O2/c6-3(2-7)1-4(8)5(9)10/h3-4H,1-2,7-8H2,(H,9,10)/t3?,4-/m1/s1. The molecule has 5 N–H and O–H groups in total. The number of hydrogen-bond acceptors (Lipinski definition) is 3. The summed E-state index contributed by atoms with van der Waals surface area (Å²) in [7, 11) is 0. The van der Waals surface area contributed by atoms with Gasteiger partial charge in [0.1, 0.15) is 12.2 Å². The Morgan fingerprint density at radius 2 is 2.20 bits per heavy atom. The quantitative estimate of drug-likeness (QED) is 0.483. The molecule has 0 amide bonds. The maximum absolute atomic E-state index is 12.3. The predicted molar refractivity (Wildman–Crippen MR) is 34.2 cm³/mol. The Kier molecular flexibility index (Phi) is 3.90. The minimum Gasteiger partial charge on any atom is -0.480 e. The summed E-state index contributed by atoms with van der Waals surface area (Å²) in [5, 5.41) is 8.19. The number of halogens is 1. The fourth-order valence-electron chi connectivity index (χ4n) is 0.473. The Balaban J connectivity index is 3.56. The average Bonchev–Trinajstić information content (AvgIpc) is 1.87. The third-order valence-corrected chi connectivity index (χ3v) is 1.08. The van der Waals surface area contributed by atoms with E-state index in [2.05, 4.69) is 0 Å². The smallest absolute Gasteiger partial charge is 0.320 e. The van der Waals surface area contributed by atoms with Crippen molar-refractivity contribution < 1.29 is 14.3 Å².